The van der Waals surface area contributed by atoms with Crippen LogP contribution in [0.25, 0.3) is 22.1 Å². The van der Waals surface area contributed by atoms with Crippen LogP contribution in [-0.2, 0) is 56.8 Å². The highest BCUT2D eigenvalue weighted by Crippen LogP contribution is 2.54. The first-order valence-electron chi connectivity index (χ1n) is 16.1. The summed E-state index contributed by atoms with van der Waals surface area (Å²) < 4.78 is 83.3. The summed E-state index contributed by atoms with van der Waals surface area (Å²) in [6.07, 6.45) is -7.09. The molecule has 3 N–H and O–H groups in total. The number of nitrogens with one attached hydrogen (secondary N) is 2. The molecule has 0 aliphatic carbocycles. The Labute approximate surface area is 288 Å². The maximum absolute atomic E-state index is 16.4. The van der Waals surface area contributed by atoms with Crippen LogP contribution in [0.1, 0.15) is 36.7 Å². The van der Waals surface area contributed by atoms with Gasteiger partial charge in [0.15, 0.2) is 36.1 Å². The topological polar surface area (TPSA) is 191 Å². The van der Waals surface area contributed by atoms with E-state index in [-0.39, 0.29) is 0 Å². The van der Waals surface area contributed by atoms with E-state index in [1.165, 1.54) is 15.7 Å². The van der Waals surface area contributed by atoms with Gasteiger partial charge in [0.25, 0.3) is 7.47 Å². The quantitative estimate of drug-likeness (QED) is 0.200. The first-order chi connectivity index (χ1) is 24.1. The van der Waals surface area contributed by atoms with Gasteiger partial charge in [-0.3, -0.25) is 9.09 Å². The zero-order valence-corrected chi connectivity index (χ0v) is 28.7. The van der Waals surface area contributed by atoms with Crippen LogP contribution in [0.3, 0.4) is 0 Å². The molecular formula is C27H30BF2N9O8P2S. The molecular weight excluding hydrogens is 721 g/mol. The predicted octanol–water partition coefficient (Wildman–Crippen LogP) is 2.77. The van der Waals surface area contributed by atoms with Gasteiger partial charge in [0.1, 0.15) is 36.6 Å². The molecule has 5 aliphatic heterocycles. The van der Waals surface area contributed by atoms with Crippen molar-refractivity contribution in [2.75, 3.05) is 36.9 Å². The summed E-state index contributed by atoms with van der Waals surface area (Å²) in [7, 11) is 1.41. The molecule has 23 heteroatoms. The number of ether oxygens (including phenoxy) is 2. The molecule has 9 rings (SSSR count). The SMILES string of the molecule is [B]P1(=O)OC[C@H]2O[C@@H](n3nc4c5c(ncnc53)NCCC4)C(F)[C@H]2OP(O)(=S)OC[C@H]2O[C@@H](n3nc4c5c(ccnc53)NCCC4)[C@@H](F)C2O1. The van der Waals surface area contributed by atoms with Crippen molar-refractivity contribution in [3.63, 3.8) is 0 Å². The van der Waals surface area contributed by atoms with Gasteiger partial charge in [-0.05, 0) is 43.6 Å². The molecule has 0 aromatic carbocycles. The Morgan fingerprint density at radius 3 is 2.22 bits per heavy atom. The lowest BCUT2D eigenvalue weighted by Crippen LogP contribution is -2.37. The van der Waals surface area contributed by atoms with Gasteiger partial charge < -0.3 is 38.6 Å². The second-order valence-corrected chi connectivity index (χ2v) is 16.9. The summed E-state index contributed by atoms with van der Waals surface area (Å²) in [6.45, 7) is -4.09. The number of pyridine rings is 1. The third-order valence-electron chi connectivity index (χ3n) is 9.38. The van der Waals surface area contributed by atoms with Gasteiger partial charge >= 0.3 is 6.72 Å². The number of anilines is 2. The summed E-state index contributed by atoms with van der Waals surface area (Å²) >= 11 is 5.27. The highest BCUT2D eigenvalue weighted by Gasteiger charge is 2.54. The number of halogens is 2. The Morgan fingerprint density at radius 1 is 0.880 bits per heavy atom. The third-order valence-corrected chi connectivity index (χ3v) is 12.0. The number of hydrogen-bond donors (Lipinski definition) is 3. The van der Waals surface area contributed by atoms with Crippen molar-refractivity contribution in [3.05, 3.63) is 30.0 Å². The molecule has 4 unspecified atom stereocenters. The second kappa shape index (κ2) is 12.5. The molecule has 5 aliphatic rings. The van der Waals surface area contributed by atoms with Crippen LogP contribution < -0.4 is 10.6 Å². The lowest BCUT2D eigenvalue weighted by molar-refractivity contribution is -0.0601. The molecule has 2 radical (unpaired) electrons. The predicted molar refractivity (Wildman–Crippen MR) is 176 cm³/mol. The Bertz CT molecular complexity index is 1940. The van der Waals surface area contributed by atoms with Crippen molar-refractivity contribution < 1.29 is 45.8 Å². The molecule has 0 spiro atoms. The first-order valence-corrected chi connectivity index (χ1v) is 20.3. The normalized spacial score (nSPS) is 37.5. The molecule has 0 amide bonds. The van der Waals surface area contributed by atoms with E-state index in [0.29, 0.717) is 53.3 Å². The third kappa shape index (κ3) is 5.66. The zero-order chi connectivity index (χ0) is 34.4. The summed E-state index contributed by atoms with van der Waals surface area (Å²) in [5.41, 5.74) is 2.83. The van der Waals surface area contributed by atoms with Crippen LogP contribution in [0, 0.1) is 0 Å². The smallest absolute Gasteiger partial charge is 0.325 e. The van der Waals surface area contributed by atoms with E-state index < -0.39 is 76.6 Å². The Balaban J connectivity index is 1.00. The molecule has 9 heterocycles. The van der Waals surface area contributed by atoms with Gasteiger partial charge in [-0.25, -0.2) is 33.1 Å². The largest absolute Gasteiger partial charge is 0.384 e. The molecule has 3 saturated heterocycles. The van der Waals surface area contributed by atoms with Gasteiger partial charge in [0.05, 0.1) is 35.4 Å². The van der Waals surface area contributed by atoms with Crippen LogP contribution in [0.5, 0.6) is 0 Å². The molecule has 3 fully saturated rings. The summed E-state index contributed by atoms with van der Waals surface area (Å²) in [5.74, 6) is 0.559. The van der Waals surface area contributed by atoms with E-state index in [1.54, 1.807) is 6.20 Å². The standard InChI is InChI=1S/C27H30BF2N9O8P2S/c28-48(40)42-9-15-22(20(30)27(44-15)39-25-18-14(37-39)4-2-7-32-23(18)34-11-35-25)47-49(41,50)43-10-16-21(46-48)19(29)26(45-16)38-24-17-12(5-8-33-24)31-6-1-3-13(17)36-38/h5,8,11,15-16,19-22,26-27,31H,1-4,6-7,9-10H2,(H,41,50)(H,32,34,35)/t15-,16-,19+,20?,21?,22+,26-,27-,48?,49?/m1/s1. The number of aromatic nitrogens is 7. The Hall–Kier alpha value is -2.71. The van der Waals surface area contributed by atoms with Crippen LogP contribution >= 0.6 is 14.2 Å². The number of alkyl halides is 2. The average molecular weight is 751 g/mol. The van der Waals surface area contributed by atoms with Crippen molar-refractivity contribution in [1.82, 2.24) is 34.5 Å². The van der Waals surface area contributed by atoms with Gasteiger partial charge in [0, 0.05) is 25.0 Å². The highest BCUT2D eigenvalue weighted by atomic mass is 32.5. The minimum atomic E-state index is -4.57. The second-order valence-electron chi connectivity index (χ2n) is 12.6. The van der Waals surface area contributed by atoms with E-state index in [4.69, 9.17) is 46.9 Å². The number of rotatable bonds is 2. The van der Waals surface area contributed by atoms with Crippen LogP contribution in [-0.4, -0.2) is 110 Å². The van der Waals surface area contributed by atoms with E-state index in [2.05, 4.69) is 35.8 Å². The maximum atomic E-state index is 16.4. The lowest BCUT2D eigenvalue weighted by atomic mass is 10.1. The molecule has 17 nitrogen and oxygen atoms in total. The molecule has 4 aromatic heterocycles. The number of hydrogen-bond acceptors (Lipinski definition) is 15. The molecule has 0 bridgehead atoms. The molecule has 264 valence electrons. The van der Waals surface area contributed by atoms with E-state index in [1.807, 2.05) is 6.07 Å². The van der Waals surface area contributed by atoms with Crippen molar-refractivity contribution in [2.24, 2.45) is 0 Å². The molecule has 50 heavy (non-hydrogen) atoms. The summed E-state index contributed by atoms with van der Waals surface area (Å²) in [5, 5.41) is 17.1. The van der Waals surface area contributed by atoms with Crippen molar-refractivity contribution >= 4 is 67.1 Å². The number of aryl methyl sites for hydroxylation is 2. The van der Waals surface area contributed by atoms with Gasteiger partial charge in [-0.15, -0.1) is 0 Å². The minimum absolute atomic E-state index is 0.309. The molecule has 10 atom stereocenters. The molecule has 0 saturated carbocycles. The van der Waals surface area contributed by atoms with Crippen LogP contribution in [0.15, 0.2) is 18.6 Å². The fraction of sp³-hybridized carbons (Fsp3) is 0.593. The average Bonchev–Trinajstić information content (AvgIpc) is 3.71. The maximum Gasteiger partial charge on any atom is 0.325 e. The van der Waals surface area contributed by atoms with Gasteiger partial charge in [-0.1, -0.05) is 0 Å². The lowest BCUT2D eigenvalue weighted by Gasteiger charge is -2.29. The van der Waals surface area contributed by atoms with E-state index in [0.717, 1.165) is 30.5 Å². The van der Waals surface area contributed by atoms with Crippen molar-refractivity contribution in [3.8, 4) is 0 Å². The minimum Gasteiger partial charge on any atom is -0.384 e. The van der Waals surface area contributed by atoms with E-state index >= 15 is 8.78 Å². The van der Waals surface area contributed by atoms with E-state index in [9.17, 15) is 9.46 Å². The summed E-state index contributed by atoms with van der Waals surface area (Å²) in [4.78, 5) is 24.2. The van der Waals surface area contributed by atoms with Gasteiger partial charge in [-0.2, -0.15) is 10.2 Å². The number of nitrogens with zero attached hydrogens (tertiary/aromatic N) is 7. The Morgan fingerprint density at radius 2 is 1.50 bits per heavy atom. The fourth-order valence-corrected chi connectivity index (χ4v) is 9.58. The first kappa shape index (κ1) is 33.2. The fourth-order valence-electron chi connectivity index (χ4n) is 7.14. The van der Waals surface area contributed by atoms with Crippen molar-refractivity contribution in [1.29, 1.82) is 0 Å². The highest BCUT2D eigenvalue weighted by molar-refractivity contribution is 8.07. The summed E-state index contributed by atoms with van der Waals surface area (Å²) in [6, 6.07) is 1.81. The van der Waals surface area contributed by atoms with Crippen molar-refractivity contribution in [2.45, 2.75) is 74.9 Å². The zero-order valence-electron chi connectivity index (χ0n) is 26.1. The number of fused-ring (bicyclic) bond motifs is 2. The van der Waals surface area contributed by atoms with Gasteiger partial charge in [0.2, 0.25) is 7.57 Å². The van der Waals surface area contributed by atoms with Crippen LogP contribution in [0.4, 0.5) is 20.3 Å². The van der Waals surface area contributed by atoms with Crippen LogP contribution in [0.2, 0.25) is 0 Å². The molecule has 4 aromatic rings. The Kier molecular flexibility index (Phi) is 8.26. The monoisotopic (exact) mass is 751 g/mol.